The number of nitrogens with two attached hydrogens (primary N) is 2. The van der Waals surface area contributed by atoms with Crippen LogP contribution in [0.5, 0.6) is 0 Å². The highest BCUT2D eigenvalue weighted by Gasteiger charge is 2.09. The molecule has 0 aliphatic rings. The smallest absolute Gasteiger partial charge is 0.0192 e. The molecule has 2 nitrogen and oxygen atoms in total. The molecule has 0 spiro atoms. The van der Waals surface area contributed by atoms with Crippen LogP contribution < -0.4 is 11.5 Å². The van der Waals surface area contributed by atoms with Gasteiger partial charge in [0.2, 0.25) is 0 Å². The summed E-state index contributed by atoms with van der Waals surface area (Å²) in [7, 11) is 0. The van der Waals surface area contributed by atoms with Crippen LogP contribution in [0.3, 0.4) is 0 Å². The van der Waals surface area contributed by atoms with Crippen molar-refractivity contribution in [2.75, 3.05) is 0 Å². The Balaban J connectivity index is 3.28. The molecular weight excluding hydrogens is 136 g/mol. The van der Waals surface area contributed by atoms with Crippen molar-refractivity contribution in [2.24, 2.45) is 11.5 Å². The topological polar surface area (TPSA) is 52.0 Å². The van der Waals surface area contributed by atoms with Crippen molar-refractivity contribution in [1.29, 1.82) is 0 Å². The second-order valence-corrected chi connectivity index (χ2v) is 3.23. The molecule has 2 atom stereocenters. The summed E-state index contributed by atoms with van der Waals surface area (Å²) in [5.41, 5.74) is 11.6. The van der Waals surface area contributed by atoms with E-state index in [0.717, 1.165) is 12.8 Å². The Bertz CT molecular complexity index is 83.6. The van der Waals surface area contributed by atoms with Crippen LogP contribution in [-0.2, 0) is 0 Å². The molecule has 0 rings (SSSR count). The van der Waals surface area contributed by atoms with E-state index in [-0.39, 0.29) is 12.1 Å². The van der Waals surface area contributed by atoms with Gasteiger partial charge in [0.25, 0.3) is 0 Å². The monoisotopic (exact) mass is 158 g/mol. The van der Waals surface area contributed by atoms with Gasteiger partial charge < -0.3 is 11.5 Å². The maximum Gasteiger partial charge on any atom is 0.0192 e. The lowest BCUT2D eigenvalue weighted by atomic mass is 10.0. The Labute approximate surface area is 70.3 Å². The van der Waals surface area contributed by atoms with Crippen molar-refractivity contribution in [2.45, 2.75) is 58.0 Å². The van der Waals surface area contributed by atoms with Crippen molar-refractivity contribution >= 4 is 0 Å². The van der Waals surface area contributed by atoms with Gasteiger partial charge in [0, 0.05) is 12.1 Å². The summed E-state index contributed by atoms with van der Waals surface area (Å²) in [5.74, 6) is 0. The summed E-state index contributed by atoms with van der Waals surface area (Å²) in [6, 6.07) is 0.415. The third kappa shape index (κ3) is 5.22. The molecule has 0 saturated heterocycles. The fourth-order valence-electron chi connectivity index (χ4n) is 1.15. The molecule has 11 heavy (non-hydrogen) atoms. The highest BCUT2D eigenvalue weighted by Crippen LogP contribution is 2.05. The lowest BCUT2D eigenvalue weighted by Crippen LogP contribution is -2.40. The molecule has 0 aromatic carbocycles. The van der Waals surface area contributed by atoms with Crippen molar-refractivity contribution in [3.63, 3.8) is 0 Å². The van der Waals surface area contributed by atoms with Crippen LogP contribution in [-0.4, -0.2) is 12.1 Å². The molecule has 0 aliphatic carbocycles. The lowest BCUT2D eigenvalue weighted by Gasteiger charge is -2.17. The van der Waals surface area contributed by atoms with Crippen LogP contribution >= 0.6 is 0 Å². The summed E-state index contributed by atoms with van der Waals surface area (Å²) >= 11 is 0. The zero-order valence-electron chi connectivity index (χ0n) is 7.84. The van der Waals surface area contributed by atoms with E-state index in [1.54, 1.807) is 0 Å². The van der Waals surface area contributed by atoms with Gasteiger partial charge in [-0.2, -0.15) is 0 Å². The molecule has 0 heterocycles. The highest BCUT2D eigenvalue weighted by atomic mass is 14.8. The average molecular weight is 158 g/mol. The molecule has 0 aromatic heterocycles. The molecule has 0 aliphatic heterocycles. The molecule has 0 fully saturated rings. The van der Waals surface area contributed by atoms with Gasteiger partial charge in [-0.15, -0.1) is 0 Å². The van der Waals surface area contributed by atoms with E-state index < -0.39 is 0 Å². The first-order chi connectivity index (χ1) is 5.22. The summed E-state index contributed by atoms with van der Waals surface area (Å²) < 4.78 is 0. The van der Waals surface area contributed by atoms with Crippen LogP contribution in [0.2, 0.25) is 0 Å². The van der Waals surface area contributed by atoms with Gasteiger partial charge >= 0.3 is 0 Å². The molecule has 0 aromatic rings. The summed E-state index contributed by atoms with van der Waals surface area (Å²) in [6.45, 7) is 4.29. The van der Waals surface area contributed by atoms with E-state index in [0.29, 0.717) is 0 Å². The van der Waals surface area contributed by atoms with Crippen LogP contribution in [0, 0.1) is 0 Å². The van der Waals surface area contributed by atoms with Crippen molar-refractivity contribution < 1.29 is 0 Å². The van der Waals surface area contributed by atoms with E-state index >= 15 is 0 Å². The summed E-state index contributed by atoms with van der Waals surface area (Å²) in [6.07, 6.45) is 5.85. The number of unbranched alkanes of at least 4 members (excludes halogenated alkanes) is 2. The molecule has 2 heteroatoms. The quantitative estimate of drug-likeness (QED) is 0.577. The number of hydrogen-bond donors (Lipinski definition) is 2. The fraction of sp³-hybridized carbons (Fsp3) is 1.00. The fourth-order valence-corrected chi connectivity index (χ4v) is 1.15. The molecule has 0 saturated carbocycles. The Morgan fingerprint density at radius 2 is 1.64 bits per heavy atom. The van der Waals surface area contributed by atoms with Crippen molar-refractivity contribution in [3.05, 3.63) is 0 Å². The van der Waals surface area contributed by atoms with Crippen molar-refractivity contribution in [3.8, 4) is 0 Å². The molecule has 0 bridgehead atoms. The standard InChI is InChI=1S/C9H22N2/c1-3-5-6-7-9(11)8(10)4-2/h8-9H,3-7,10-11H2,1-2H3/t8-,9+/m1/s1. The van der Waals surface area contributed by atoms with Gasteiger partial charge in [0.1, 0.15) is 0 Å². The lowest BCUT2D eigenvalue weighted by molar-refractivity contribution is 0.463. The Hall–Kier alpha value is -0.0800. The Morgan fingerprint density at radius 3 is 2.09 bits per heavy atom. The Kier molecular flexibility index (Phi) is 6.57. The maximum atomic E-state index is 5.84. The number of rotatable bonds is 6. The van der Waals surface area contributed by atoms with Gasteiger partial charge in [0.05, 0.1) is 0 Å². The number of hydrogen-bond acceptors (Lipinski definition) is 2. The van der Waals surface area contributed by atoms with E-state index in [9.17, 15) is 0 Å². The van der Waals surface area contributed by atoms with Crippen LogP contribution in [0.25, 0.3) is 0 Å². The second-order valence-electron chi connectivity index (χ2n) is 3.23. The van der Waals surface area contributed by atoms with Crippen LogP contribution in [0.15, 0.2) is 0 Å². The maximum absolute atomic E-state index is 5.84. The minimum absolute atomic E-state index is 0.201. The zero-order chi connectivity index (χ0) is 8.69. The molecule has 0 unspecified atom stereocenters. The van der Waals surface area contributed by atoms with Gasteiger partial charge in [-0.05, 0) is 12.8 Å². The highest BCUT2D eigenvalue weighted by molar-refractivity contribution is 4.73. The largest absolute Gasteiger partial charge is 0.326 e. The third-order valence-electron chi connectivity index (χ3n) is 2.16. The second kappa shape index (κ2) is 6.62. The predicted molar refractivity (Wildman–Crippen MR) is 50.4 cm³/mol. The molecular formula is C9H22N2. The average Bonchev–Trinajstić information content (AvgIpc) is 2.03. The van der Waals surface area contributed by atoms with Gasteiger partial charge in [-0.3, -0.25) is 0 Å². The molecule has 68 valence electrons. The van der Waals surface area contributed by atoms with Crippen LogP contribution in [0.1, 0.15) is 46.0 Å². The SMILES string of the molecule is CCCCC[C@H](N)[C@H](N)CC. The molecule has 4 N–H and O–H groups in total. The third-order valence-corrected chi connectivity index (χ3v) is 2.16. The van der Waals surface area contributed by atoms with E-state index in [2.05, 4.69) is 13.8 Å². The minimum Gasteiger partial charge on any atom is -0.326 e. The molecule has 0 amide bonds. The first kappa shape index (κ1) is 10.9. The van der Waals surface area contributed by atoms with E-state index in [1.165, 1.54) is 19.3 Å². The van der Waals surface area contributed by atoms with Gasteiger partial charge in [0.15, 0.2) is 0 Å². The minimum atomic E-state index is 0.201. The van der Waals surface area contributed by atoms with Gasteiger partial charge in [-0.1, -0.05) is 33.1 Å². The predicted octanol–water partition coefficient (Wildman–Crippen LogP) is 1.63. The summed E-state index contributed by atoms with van der Waals surface area (Å²) in [4.78, 5) is 0. The Morgan fingerprint density at radius 1 is 1.00 bits per heavy atom. The first-order valence-corrected chi connectivity index (χ1v) is 4.73. The molecule has 0 radical (unpaired) electrons. The normalized spacial score (nSPS) is 16.4. The van der Waals surface area contributed by atoms with E-state index in [1.807, 2.05) is 0 Å². The van der Waals surface area contributed by atoms with E-state index in [4.69, 9.17) is 11.5 Å². The zero-order valence-corrected chi connectivity index (χ0v) is 7.84. The first-order valence-electron chi connectivity index (χ1n) is 4.73. The van der Waals surface area contributed by atoms with Crippen molar-refractivity contribution in [1.82, 2.24) is 0 Å². The van der Waals surface area contributed by atoms with Gasteiger partial charge in [-0.25, -0.2) is 0 Å². The van der Waals surface area contributed by atoms with Crippen LogP contribution in [0.4, 0.5) is 0 Å². The summed E-state index contributed by atoms with van der Waals surface area (Å²) in [5, 5.41) is 0.